The van der Waals surface area contributed by atoms with Crippen LogP contribution < -0.4 is 5.32 Å². The topological polar surface area (TPSA) is 29.9 Å². The summed E-state index contributed by atoms with van der Waals surface area (Å²) in [5.74, 6) is 0.740. The van der Waals surface area contributed by atoms with E-state index in [1.165, 1.54) is 17.2 Å². The number of rotatable bonds is 1. The number of nitrogens with one attached hydrogen (secondary N) is 1. The molecule has 0 saturated heterocycles. The van der Waals surface area contributed by atoms with Crippen LogP contribution in [0.2, 0.25) is 0 Å². The molecule has 4 heteroatoms. The van der Waals surface area contributed by atoms with Crippen molar-refractivity contribution in [3.8, 4) is 0 Å². The highest BCUT2D eigenvalue weighted by Gasteiger charge is 2.23. The summed E-state index contributed by atoms with van der Waals surface area (Å²) in [5.41, 5.74) is 4.39. The lowest BCUT2D eigenvalue weighted by Crippen LogP contribution is -2.30. The molecule has 1 atom stereocenters. The van der Waals surface area contributed by atoms with Crippen molar-refractivity contribution in [1.82, 2.24) is 14.9 Å². The fraction of sp³-hybridized carbons (Fsp3) is 0.235. The van der Waals surface area contributed by atoms with Crippen molar-refractivity contribution in [1.29, 1.82) is 0 Å². The second-order valence-corrected chi connectivity index (χ2v) is 5.57. The summed E-state index contributed by atoms with van der Waals surface area (Å²) in [4.78, 5) is 4.68. The zero-order valence-electron chi connectivity index (χ0n) is 11.8. The molecule has 3 aromatic rings. The number of fused-ring (bicyclic) bond motifs is 2. The number of halogens is 1. The number of aryl methyl sites for hydroxylation is 1. The van der Waals surface area contributed by atoms with E-state index in [1.54, 1.807) is 12.1 Å². The molecular weight excluding hydrogens is 265 g/mol. The van der Waals surface area contributed by atoms with Crippen LogP contribution in [0.15, 0.2) is 42.5 Å². The molecule has 3 nitrogen and oxygen atoms in total. The molecule has 106 valence electrons. The van der Waals surface area contributed by atoms with Gasteiger partial charge in [0.1, 0.15) is 11.6 Å². The van der Waals surface area contributed by atoms with Crippen LogP contribution in [0.25, 0.3) is 11.0 Å². The van der Waals surface area contributed by atoms with Gasteiger partial charge in [-0.1, -0.05) is 24.3 Å². The van der Waals surface area contributed by atoms with Gasteiger partial charge in [0.05, 0.1) is 17.1 Å². The molecule has 1 aliphatic heterocycles. The van der Waals surface area contributed by atoms with Gasteiger partial charge >= 0.3 is 0 Å². The number of imidazole rings is 1. The van der Waals surface area contributed by atoms with Crippen LogP contribution >= 0.6 is 0 Å². The summed E-state index contributed by atoms with van der Waals surface area (Å²) >= 11 is 0. The van der Waals surface area contributed by atoms with Gasteiger partial charge < -0.3 is 9.88 Å². The fourth-order valence-electron chi connectivity index (χ4n) is 3.13. The van der Waals surface area contributed by atoms with Crippen molar-refractivity contribution in [3.05, 3.63) is 65.2 Å². The normalized spacial score (nSPS) is 17.9. The van der Waals surface area contributed by atoms with Crippen LogP contribution in [-0.4, -0.2) is 9.55 Å². The van der Waals surface area contributed by atoms with Gasteiger partial charge in [0.2, 0.25) is 0 Å². The van der Waals surface area contributed by atoms with Crippen LogP contribution in [0, 0.1) is 5.82 Å². The number of benzene rings is 2. The zero-order valence-corrected chi connectivity index (χ0v) is 11.8. The highest BCUT2D eigenvalue weighted by atomic mass is 19.1. The molecule has 2 heterocycles. The Kier molecular flexibility index (Phi) is 2.79. The molecule has 4 rings (SSSR count). The van der Waals surface area contributed by atoms with Crippen molar-refractivity contribution in [3.63, 3.8) is 0 Å². The maximum Gasteiger partial charge on any atom is 0.127 e. The van der Waals surface area contributed by atoms with Gasteiger partial charge in [0, 0.05) is 13.6 Å². The molecule has 1 N–H and O–H groups in total. The molecule has 0 saturated carbocycles. The van der Waals surface area contributed by atoms with E-state index in [4.69, 9.17) is 0 Å². The molecular formula is C17H16FN3. The first kappa shape index (κ1) is 12.5. The first-order chi connectivity index (χ1) is 10.2. The maximum absolute atomic E-state index is 13.4. The summed E-state index contributed by atoms with van der Waals surface area (Å²) in [6, 6.07) is 13.4. The van der Waals surface area contributed by atoms with Gasteiger partial charge in [-0.25, -0.2) is 9.37 Å². The molecule has 0 radical (unpaired) electrons. The van der Waals surface area contributed by atoms with E-state index in [2.05, 4.69) is 34.6 Å². The molecule has 0 aliphatic carbocycles. The molecule has 2 aromatic carbocycles. The fourth-order valence-corrected chi connectivity index (χ4v) is 3.13. The number of hydrogen-bond donors (Lipinski definition) is 1. The Hall–Kier alpha value is -2.20. The van der Waals surface area contributed by atoms with E-state index in [1.807, 2.05) is 11.6 Å². The van der Waals surface area contributed by atoms with Crippen LogP contribution in [0.3, 0.4) is 0 Å². The average Bonchev–Trinajstić information content (AvgIpc) is 2.84. The van der Waals surface area contributed by atoms with E-state index in [-0.39, 0.29) is 11.9 Å². The van der Waals surface area contributed by atoms with E-state index >= 15 is 0 Å². The molecule has 0 amide bonds. The Morgan fingerprint density at radius 3 is 2.86 bits per heavy atom. The Bertz CT molecular complexity index is 822. The standard InChI is InChI=1S/C17H16FN3/c1-21-16-9-13(18)6-7-14(16)20-17(21)15-8-11-4-2-3-5-12(11)10-19-15/h2-7,9,15,19H,8,10H2,1H3. The lowest BCUT2D eigenvalue weighted by atomic mass is 9.95. The summed E-state index contributed by atoms with van der Waals surface area (Å²) in [5, 5.41) is 3.53. The molecule has 0 bridgehead atoms. The lowest BCUT2D eigenvalue weighted by molar-refractivity contribution is 0.467. The SMILES string of the molecule is Cn1c(C2Cc3ccccc3CN2)nc2ccc(F)cc21. The summed E-state index contributed by atoms with van der Waals surface area (Å²) in [7, 11) is 1.95. The number of nitrogens with zero attached hydrogens (tertiary/aromatic N) is 2. The lowest BCUT2D eigenvalue weighted by Gasteiger charge is -2.25. The second kappa shape index (κ2) is 4.67. The van der Waals surface area contributed by atoms with Crippen LogP contribution in [0.4, 0.5) is 4.39 Å². The second-order valence-electron chi connectivity index (χ2n) is 5.57. The molecule has 21 heavy (non-hydrogen) atoms. The van der Waals surface area contributed by atoms with Gasteiger partial charge in [-0.3, -0.25) is 0 Å². The van der Waals surface area contributed by atoms with Gasteiger partial charge in [-0.2, -0.15) is 0 Å². The third-order valence-corrected chi connectivity index (χ3v) is 4.27. The largest absolute Gasteiger partial charge is 0.330 e. The van der Waals surface area contributed by atoms with E-state index in [0.717, 1.165) is 29.8 Å². The van der Waals surface area contributed by atoms with Crippen molar-refractivity contribution in [2.24, 2.45) is 7.05 Å². The quantitative estimate of drug-likeness (QED) is 0.743. The minimum atomic E-state index is -0.223. The predicted octanol–water partition coefficient (Wildman–Crippen LogP) is 3.10. The van der Waals surface area contributed by atoms with Crippen LogP contribution in [0.1, 0.15) is 23.0 Å². The van der Waals surface area contributed by atoms with Crippen molar-refractivity contribution in [2.45, 2.75) is 19.0 Å². The Balaban J connectivity index is 1.76. The average molecular weight is 281 g/mol. The van der Waals surface area contributed by atoms with E-state index < -0.39 is 0 Å². The number of aromatic nitrogens is 2. The highest BCUT2D eigenvalue weighted by Crippen LogP contribution is 2.27. The Morgan fingerprint density at radius 2 is 2.00 bits per heavy atom. The molecule has 0 fully saturated rings. The van der Waals surface area contributed by atoms with Gasteiger partial charge in [0.25, 0.3) is 0 Å². The highest BCUT2D eigenvalue weighted by molar-refractivity contribution is 5.76. The molecule has 1 unspecified atom stereocenters. The monoisotopic (exact) mass is 281 g/mol. The van der Waals surface area contributed by atoms with Gasteiger partial charge in [0.15, 0.2) is 0 Å². The molecule has 1 aromatic heterocycles. The van der Waals surface area contributed by atoms with Crippen LogP contribution in [-0.2, 0) is 20.0 Å². The Labute approximate surface area is 122 Å². The molecule has 1 aliphatic rings. The summed E-state index contributed by atoms with van der Waals surface area (Å²) in [6.07, 6.45) is 0.913. The van der Waals surface area contributed by atoms with Crippen molar-refractivity contribution in [2.75, 3.05) is 0 Å². The van der Waals surface area contributed by atoms with Crippen molar-refractivity contribution >= 4 is 11.0 Å². The first-order valence-corrected chi connectivity index (χ1v) is 7.14. The van der Waals surface area contributed by atoms with Gasteiger partial charge in [-0.15, -0.1) is 0 Å². The smallest absolute Gasteiger partial charge is 0.127 e. The number of hydrogen-bond acceptors (Lipinski definition) is 2. The van der Waals surface area contributed by atoms with E-state index in [9.17, 15) is 4.39 Å². The third kappa shape index (κ3) is 2.03. The van der Waals surface area contributed by atoms with Crippen molar-refractivity contribution < 1.29 is 4.39 Å². The maximum atomic E-state index is 13.4. The summed E-state index contributed by atoms with van der Waals surface area (Å²) < 4.78 is 15.4. The van der Waals surface area contributed by atoms with Gasteiger partial charge in [-0.05, 0) is 35.7 Å². The summed E-state index contributed by atoms with van der Waals surface area (Å²) in [6.45, 7) is 0.846. The third-order valence-electron chi connectivity index (χ3n) is 4.27. The van der Waals surface area contributed by atoms with Crippen LogP contribution in [0.5, 0.6) is 0 Å². The predicted molar refractivity (Wildman–Crippen MR) is 80.4 cm³/mol. The minimum absolute atomic E-state index is 0.167. The first-order valence-electron chi connectivity index (χ1n) is 7.14. The Morgan fingerprint density at radius 1 is 1.19 bits per heavy atom. The zero-order chi connectivity index (χ0) is 14.4. The minimum Gasteiger partial charge on any atom is -0.330 e. The molecule has 0 spiro atoms. The van der Waals surface area contributed by atoms with E-state index in [0.29, 0.717) is 0 Å².